The number of hydrogen-bond donors (Lipinski definition) is 0. The number of fused-ring (bicyclic) bond motifs is 1. The Kier molecular flexibility index (Phi) is 3.86. The van der Waals surface area contributed by atoms with E-state index in [4.69, 9.17) is 5.10 Å². The highest BCUT2D eigenvalue weighted by molar-refractivity contribution is 7.07. The molecule has 0 N–H and O–H groups in total. The fourth-order valence-corrected chi connectivity index (χ4v) is 3.82. The summed E-state index contributed by atoms with van der Waals surface area (Å²) < 4.78 is 16.0. The van der Waals surface area contributed by atoms with Crippen molar-refractivity contribution in [2.75, 3.05) is 7.05 Å². The summed E-state index contributed by atoms with van der Waals surface area (Å²) in [6.45, 7) is 0. The van der Waals surface area contributed by atoms with Crippen LogP contribution in [0.15, 0.2) is 64.0 Å². The fraction of sp³-hybridized carbons (Fsp3) is 0.158. The van der Waals surface area contributed by atoms with Crippen LogP contribution in [0.5, 0.6) is 0 Å². The van der Waals surface area contributed by atoms with Gasteiger partial charge in [-0.1, -0.05) is 36.4 Å². The van der Waals surface area contributed by atoms with Crippen LogP contribution in [0.25, 0.3) is 11.3 Å². The van der Waals surface area contributed by atoms with E-state index in [1.165, 1.54) is 28.5 Å². The zero-order chi connectivity index (χ0) is 16.5. The fourth-order valence-electron chi connectivity index (χ4n) is 3.03. The molecule has 0 bridgehead atoms. The van der Waals surface area contributed by atoms with Crippen molar-refractivity contribution in [3.8, 4) is 11.3 Å². The predicted octanol–water partition coefficient (Wildman–Crippen LogP) is 4.08. The van der Waals surface area contributed by atoms with Gasteiger partial charge in [-0.3, -0.25) is 4.99 Å². The first-order valence-electron chi connectivity index (χ1n) is 7.82. The van der Waals surface area contributed by atoms with Gasteiger partial charge >= 0.3 is 0 Å². The maximum atomic E-state index is 14.2. The van der Waals surface area contributed by atoms with Crippen molar-refractivity contribution in [1.29, 1.82) is 0 Å². The number of benzene rings is 2. The number of aryl methyl sites for hydroxylation is 1. The Hall–Kier alpha value is -2.53. The molecule has 3 nitrogen and oxygen atoms in total. The second-order valence-electron chi connectivity index (χ2n) is 5.62. The van der Waals surface area contributed by atoms with Crippen LogP contribution < -0.4 is 4.80 Å². The summed E-state index contributed by atoms with van der Waals surface area (Å²) in [5.41, 5.74) is 4.79. The van der Waals surface area contributed by atoms with E-state index in [1.807, 2.05) is 17.5 Å². The summed E-state index contributed by atoms with van der Waals surface area (Å²) in [7, 11) is 1.73. The molecule has 3 aromatic rings. The summed E-state index contributed by atoms with van der Waals surface area (Å²) in [6.07, 6.45) is 1.88. The summed E-state index contributed by atoms with van der Waals surface area (Å²) >= 11 is 1.47. The summed E-state index contributed by atoms with van der Waals surface area (Å²) in [5.74, 6) is -0.251. The Bertz CT molecular complexity index is 998. The van der Waals surface area contributed by atoms with Gasteiger partial charge in [-0.2, -0.15) is 5.10 Å². The second kappa shape index (κ2) is 6.17. The van der Waals surface area contributed by atoms with Gasteiger partial charge in [0.2, 0.25) is 4.80 Å². The lowest BCUT2D eigenvalue weighted by molar-refractivity contribution is 0.629. The Labute approximate surface area is 143 Å². The van der Waals surface area contributed by atoms with Gasteiger partial charge in [0.1, 0.15) is 5.82 Å². The molecule has 5 heteroatoms. The first-order chi connectivity index (χ1) is 11.8. The molecule has 120 valence electrons. The molecule has 2 aromatic carbocycles. The smallest absolute Gasteiger partial charge is 0.205 e. The largest absolute Gasteiger partial charge is 0.261 e. The van der Waals surface area contributed by atoms with Crippen molar-refractivity contribution in [2.45, 2.75) is 12.8 Å². The highest BCUT2D eigenvalue weighted by atomic mass is 32.1. The molecule has 0 aliphatic heterocycles. The summed E-state index contributed by atoms with van der Waals surface area (Å²) in [6, 6.07) is 15.1. The van der Waals surface area contributed by atoms with Crippen LogP contribution in [0.3, 0.4) is 0 Å². The first kappa shape index (κ1) is 15.0. The van der Waals surface area contributed by atoms with Crippen LogP contribution >= 0.6 is 11.3 Å². The van der Waals surface area contributed by atoms with Gasteiger partial charge in [-0.05, 0) is 30.5 Å². The van der Waals surface area contributed by atoms with Gasteiger partial charge in [0, 0.05) is 23.6 Å². The van der Waals surface area contributed by atoms with Crippen molar-refractivity contribution in [1.82, 2.24) is 4.68 Å². The quantitative estimate of drug-likeness (QED) is 0.674. The van der Waals surface area contributed by atoms with Crippen molar-refractivity contribution in [2.24, 2.45) is 10.1 Å². The van der Waals surface area contributed by atoms with Crippen LogP contribution in [-0.2, 0) is 6.42 Å². The van der Waals surface area contributed by atoms with Gasteiger partial charge in [0.05, 0.1) is 11.4 Å². The molecule has 1 aliphatic carbocycles. The van der Waals surface area contributed by atoms with Crippen LogP contribution in [-0.4, -0.2) is 17.4 Å². The predicted molar refractivity (Wildman–Crippen MR) is 95.9 cm³/mol. The van der Waals surface area contributed by atoms with E-state index in [2.05, 4.69) is 23.2 Å². The Balaban J connectivity index is 1.90. The van der Waals surface area contributed by atoms with Crippen LogP contribution in [0.4, 0.5) is 4.39 Å². The molecular formula is C19H16FN3S. The molecule has 0 saturated heterocycles. The topological polar surface area (TPSA) is 29.6 Å². The third-order valence-corrected chi connectivity index (χ3v) is 5.11. The molecule has 24 heavy (non-hydrogen) atoms. The zero-order valence-corrected chi connectivity index (χ0v) is 14.1. The summed E-state index contributed by atoms with van der Waals surface area (Å²) in [5, 5.41) is 6.74. The molecule has 0 unspecified atom stereocenters. The molecule has 0 fully saturated rings. The normalized spacial score (nSPS) is 15.9. The molecule has 1 heterocycles. The standard InChI is InChI=1S/C19H16FN3S/c1-21-19-23(18(12-24-19)15-8-4-5-9-16(15)20)22-17-11-10-13-6-2-3-7-14(13)17/h2-9,12H,10-11H2,1H3. The van der Waals surface area contributed by atoms with E-state index in [-0.39, 0.29) is 5.82 Å². The zero-order valence-electron chi connectivity index (χ0n) is 13.2. The molecule has 1 aromatic heterocycles. The van der Waals surface area contributed by atoms with Gasteiger partial charge in [0.15, 0.2) is 0 Å². The molecule has 0 atom stereocenters. The van der Waals surface area contributed by atoms with Crippen molar-refractivity contribution in [3.63, 3.8) is 0 Å². The van der Waals surface area contributed by atoms with Gasteiger partial charge < -0.3 is 0 Å². The molecule has 0 saturated carbocycles. The van der Waals surface area contributed by atoms with E-state index in [0.717, 1.165) is 29.0 Å². The highest BCUT2D eigenvalue weighted by Gasteiger charge is 2.19. The van der Waals surface area contributed by atoms with Crippen LogP contribution in [0.1, 0.15) is 17.5 Å². The maximum Gasteiger partial charge on any atom is 0.205 e. The van der Waals surface area contributed by atoms with Crippen molar-refractivity contribution >= 4 is 17.0 Å². The van der Waals surface area contributed by atoms with E-state index >= 15 is 0 Å². The lowest BCUT2D eigenvalue weighted by Gasteiger charge is -2.06. The van der Waals surface area contributed by atoms with Gasteiger partial charge in [-0.25, -0.2) is 9.07 Å². The SMILES string of the molecule is CN=c1scc(-c2ccccc2F)n1N=C1CCc2ccccc21. The monoisotopic (exact) mass is 337 g/mol. The number of halogens is 1. The minimum atomic E-state index is -0.251. The molecule has 0 radical (unpaired) electrons. The lowest BCUT2D eigenvalue weighted by Crippen LogP contribution is -2.14. The lowest BCUT2D eigenvalue weighted by atomic mass is 10.1. The Morgan fingerprint density at radius 1 is 1.00 bits per heavy atom. The van der Waals surface area contributed by atoms with Crippen LogP contribution in [0, 0.1) is 5.82 Å². The molecule has 4 rings (SSSR count). The summed E-state index contributed by atoms with van der Waals surface area (Å²) in [4.78, 5) is 5.05. The van der Waals surface area contributed by atoms with E-state index < -0.39 is 0 Å². The minimum Gasteiger partial charge on any atom is -0.261 e. The average Bonchev–Trinajstić information content (AvgIpc) is 3.20. The van der Waals surface area contributed by atoms with Gasteiger partial charge in [-0.15, -0.1) is 11.3 Å². The molecular weight excluding hydrogens is 321 g/mol. The Morgan fingerprint density at radius 2 is 1.75 bits per heavy atom. The number of nitrogens with zero attached hydrogens (tertiary/aromatic N) is 3. The second-order valence-corrected chi connectivity index (χ2v) is 6.46. The molecule has 0 amide bonds. The van der Waals surface area contributed by atoms with E-state index in [1.54, 1.807) is 23.9 Å². The van der Waals surface area contributed by atoms with Crippen molar-refractivity contribution < 1.29 is 4.39 Å². The van der Waals surface area contributed by atoms with Crippen molar-refractivity contribution in [3.05, 3.63) is 75.7 Å². The number of thiazole rings is 1. The Morgan fingerprint density at radius 3 is 2.54 bits per heavy atom. The first-order valence-corrected chi connectivity index (χ1v) is 8.70. The van der Waals surface area contributed by atoms with Gasteiger partial charge in [0.25, 0.3) is 0 Å². The highest BCUT2D eigenvalue weighted by Crippen LogP contribution is 2.26. The third-order valence-electron chi connectivity index (χ3n) is 4.21. The van der Waals surface area contributed by atoms with Crippen LogP contribution in [0.2, 0.25) is 0 Å². The molecule has 1 aliphatic rings. The third kappa shape index (κ3) is 2.51. The minimum absolute atomic E-state index is 0.251. The van der Waals surface area contributed by atoms with E-state index in [9.17, 15) is 4.39 Å². The number of rotatable bonds is 2. The van der Waals surface area contributed by atoms with E-state index in [0.29, 0.717) is 5.56 Å². The number of aromatic nitrogens is 1. The average molecular weight is 337 g/mol. The maximum absolute atomic E-state index is 14.2. The number of hydrogen-bond acceptors (Lipinski definition) is 3. The molecule has 0 spiro atoms.